The van der Waals surface area contributed by atoms with Crippen molar-refractivity contribution < 1.29 is 28.5 Å². The quantitative estimate of drug-likeness (QED) is 0.0840. The molecule has 7 heteroatoms. The standard InChI is InChI=1S/C31H61NO6/c1-2-3-4-5-6-7-8-9-10-11-12-13-14-15-16-17-31(33)38-29-27-36-25-23-34-22-24-35-26-28-37-30-18-20-32-21-19-30/h30,32H,2-29H2,1H3. The maximum absolute atomic E-state index is 11.8. The van der Waals surface area contributed by atoms with Gasteiger partial charge in [0.15, 0.2) is 0 Å². The molecule has 226 valence electrons. The number of esters is 1. The first kappa shape index (κ1) is 35.3. The van der Waals surface area contributed by atoms with Crippen LogP contribution in [0.3, 0.4) is 0 Å². The lowest BCUT2D eigenvalue weighted by Gasteiger charge is -2.22. The molecule has 1 fully saturated rings. The van der Waals surface area contributed by atoms with Crippen LogP contribution in [-0.2, 0) is 28.5 Å². The molecule has 1 rings (SSSR count). The monoisotopic (exact) mass is 543 g/mol. The van der Waals surface area contributed by atoms with Crippen molar-refractivity contribution in [3.63, 3.8) is 0 Å². The number of piperidine rings is 1. The Balaban J connectivity index is 1.68. The first-order valence-corrected chi connectivity index (χ1v) is 16.0. The SMILES string of the molecule is CCCCCCCCCCCCCCCCCC(=O)OCCOCCOCCOCCOC1CCNCC1. The number of hydrogen-bond donors (Lipinski definition) is 1. The molecule has 7 nitrogen and oxygen atoms in total. The van der Waals surface area contributed by atoms with E-state index in [0.29, 0.717) is 65.4 Å². The molecule has 38 heavy (non-hydrogen) atoms. The van der Waals surface area contributed by atoms with E-state index in [9.17, 15) is 4.79 Å². The first-order chi connectivity index (χ1) is 18.8. The van der Waals surface area contributed by atoms with Crippen molar-refractivity contribution in [1.29, 1.82) is 0 Å². The van der Waals surface area contributed by atoms with Crippen molar-refractivity contribution in [3.05, 3.63) is 0 Å². The molecule has 0 spiro atoms. The van der Waals surface area contributed by atoms with E-state index in [1.54, 1.807) is 0 Å². The summed E-state index contributed by atoms with van der Waals surface area (Å²) in [6, 6.07) is 0. The summed E-state index contributed by atoms with van der Waals surface area (Å²) in [5.41, 5.74) is 0. The Morgan fingerprint density at radius 2 is 1.00 bits per heavy atom. The number of ether oxygens (including phenoxy) is 5. The molecule has 1 saturated heterocycles. The highest BCUT2D eigenvalue weighted by atomic mass is 16.6. The Labute approximate surface area is 234 Å². The second-order valence-electron chi connectivity index (χ2n) is 10.6. The maximum Gasteiger partial charge on any atom is 0.305 e. The lowest BCUT2D eigenvalue weighted by atomic mass is 10.0. The van der Waals surface area contributed by atoms with E-state index in [4.69, 9.17) is 23.7 Å². The largest absolute Gasteiger partial charge is 0.463 e. The van der Waals surface area contributed by atoms with Gasteiger partial charge in [-0.3, -0.25) is 4.79 Å². The van der Waals surface area contributed by atoms with Gasteiger partial charge in [-0.25, -0.2) is 0 Å². The fourth-order valence-corrected chi connectivity index (χ4v) is 4.70. The highest BCUT2D eigenvalue weighted by Crippen LogP contribution is 2.14. The normalized spacial score (nSPS) is 14.2. The highest BCUT2D eigenvalue weighted by molar-refractivity contribution is 5.69. The minimum Gasteiger partial charge on any atom is -0.463 e. The van der Waals surface area contributed by atoms with Gasteiger partial charge in [-0.1, -0.05) is 96.8 Å². The zero-order valence-electron chi connectivity index (χ0n) is 24.8. The average molecular weight is 544 g/mol. The van der Waals surface area contributed by atoms with E-state index in [0.717, 1.165) is 38.8 Å². The van der Waals surface area contributed by atoms with Gasteiger partial charge in [0.1, 0.15) is 6.61 Å². The molecule has 0 aromatic rings. The minimum atomic E-state index is -0.110. The number of rotatable bonds is 29. The van der Waals surface area contributed by atoms with E-state index in [1.165, 1.54) is 83.5 Å². The van der Waals surface area contributed by atoms with E-state index in [-0.39, 0.29) is 5.97 Å². The summed E-state index contributed by atoms with van der Waals surface area (Å²) in [7, 11) is 0. The lowest BCUT2D eigenvalue weighted by Crippen LogP contribution is -2.33. The summed E-state index contributed by atoms with van der Waals surface area (Å²) in [6.07, 6.45) is 23.0. The number of carbonyl (C=O) groups excluding carboxylic acids is 1. The topological polar surface area (TPSA) is 75.3 Å². The summed E-state index contributed by atoms with van der Waals surface area (Å²) < 4.78 is 27.5. The van der Waals surface area contributed by atoms with Crippen molar-refractivity contribution in [2.75, 3.05) is 65.9 Å². The van der Waals surface area contributed by atoms with Crippen LogP contribution in [0.4, 0.5) is 0 Å². The molecule has 1 aliphatic rings. The molecule has 0 aromatic carbocycles. The zero-order valence-corrected chi connectivity index (χ0v) is 24.8. The van der Waals surface area contributed by atoms with Crippen LogP contribution in [0.2, 0.25) is 0 Å². The summed E-state index contributed by atoms with van der Waals surface area (Å²) >= 11 is 0. The van der Waals surface area contributed by atoms with Crippen molar-refractivity contribution in [1.82, 2.24) is 5.32 Å². The molecule has 1 N–H and O–H groups in total. The van der Waals surface area contributed by atoms with Crippen LogP contribution in [0.15, 0.2) is 0 Å². The smallest absolute Gasteiger partial charge is 0.305 e. The Bertz CT molecular complexity index is 487. The van der Waals surface area contributed by atoms with Crippen LogP contribution in [-0.4, -0.2) is 78.0 Å². The predicted molar refractivity (Wildman–Crippen MR) is 155 cm³/mol. The van der Waals surface area contributed by atoms with Gasteiger partial charge in [-0.15, -0.1) is 0 Å². The summed E-state index contributed by atoms with van der Waals surface area (Å²) in [5.74, 6) is -0.110. The molecule has 0 amide bonds. The van der Waals surface area contributed by atoms with Crippen LogP contribution in [0, 0.1) is 0 Å². The Morgan fingerprint density at radius 3 is 1.50 bits per heavy atom. The van der Waals surface area contributed by atoms with Crippen molar-refractivity contribution in [2.45, 2.75) is 129 Å². The van der Waals surface area contributed by atoms with Gasteiger partial charge in [-0.05, 0) is 32.4 Å². The number of nitrogens with one attached hydrogen (secondary N) is 1. The summed E-state index contributed by atoms with van der Waals surface area (Å²) in [4.78, 5) is 11.8. The summed E-state index contributed by atoms with van der Waals surface area (Å²) in [5, 5.41) is 3.33. The molecule has 0 radical (unpaired) electrons. The second kappa shape index (κ2) is 29.3. The van der Waals surface area contributed by atoms with Crippen LogP contribution >= 0.6 is 0 Å². The fraction of sp³-hybridized carbons (Fsp3) is 0.968. The molecule has 0 aromatic heterocycles. The van der Waals surface area contributed by atoms with Crippen molar-refractivity contribution in [3.8, 4) is 0 Å². The van der Waals surface area contributed by atoms with Crippen molar-refractivity contribution in [2.24, 2.45) is 0 Å². The molecule has 0 atom stereocenters. The fourth-order valence-electron chi connectivity index (χ4n) is 4.70. The number of unbranched alkanes of at least 4 members (excludes halogenated alkanes) is 14. The molecule has 0 unspecified atom stereocenters. The third-order valence-electron chi connectivity index (χ3n) is 7.09. The van der Waals surface area contributed by atoms with E-state index in [1.807, 2.05) is 0 Å². The molecular weight excluding hydrogens is 482 g/mol. The van der Waals surface area contributed by atoms with Gasteiger partial charge in [0.05, 0.1) is 52.4 Å². The van der Waals surface area contributed by atoms with Gasteiger partial charge in [0.25, 0.3) is 0 Å². The van der Waals surface area contributed by atoms with Crippen LogP contribution in [0.1, 0.15) is 122 Å². The lowest BCUT2D eigenvalue weighted by molar-refractivity contribution is -0.145. The molecular formula is C31H61NO6. The highest BCUT2D eigenvalue weighted by Gasteiger charge is 2.12. The van der Waals surface area contributed by atoms with Gasteiger partial charge in [0.2, 0.25) is 0 Å². The third kappa shape index (κ3) is 25.5. The molecule has 0 saturated carbocycles. The number of carbonyl (C=O) groups is 1. The van der Waals surface area contributed by atoms with Crippen LogP contribution < -0.4 is 5.32 Å². The summed E-state index contributed by atoms with van der Waals surface area (Å²) in [6.45, 7) is 8.47. The van der Waals surface area contributed by atoms with Crippen LogP contribution in [0.25, 0.3) is 0 Å². The van der Waals surface area contributed by atoms with Gasteiger partial charge in [0, 0.05) is 6.42 Å². The van der Waals surface area contributed by atoms with Crippen molar-refractivity contribution >= 4 is 5.97 Å². The van der Waals surface area contributed by atoms with Gasteiger partial charge in [-0.2, -0.15) is 0 Å². The van der Waals surface area contributed by atoms with E-state index in [2.05, 4.69) is 12.2 Å². The Morgan fingerprint density at radius 1 is 0.579 bits per heavy atom. The Hall–Kier alpha value is -0.730. The zero-order chi connectivity index (χ0) is 27.2. The molecule has 0 bridgehead atoms. The predicted octanol–water partition coefficient (Wildman–Crippen LogP) is 6.61. The van der Waals surface area contributed by atoms with Gasteiger partial charge < -0.3 is 29.0 Å². The maximum atomic E-state index is 11.8. The van der Waals surface area contributed by atoms with Crippen LogP contribution in [0.5, 0.6) is 0 Å². The minimum absolute atomic E-state index is 0.110. The van der Waals surface area contributed by atoms with E-state index >= 15 is 0 Å². The molecule has 1 aliphatic heterocycles. The second-order valence-corrected chi connectivity index (χ2v) is 10.6. The first-order valence-electron chi connectivity index (χ1n) is 16.0. The average Bonchev–Trinajstić information content (AvgIpc) is 2.94. The van der Waals surface area contributed by atoms with E-state index < -0.39 is 0 Å². The Kier molecular flexibility index (Phi) is 27.2. The van der Waals surface area contributed by atoms with Gasteiger partial charge >= 0.3 is 5.97 Å². The third-order valence-corrected chi connectivity index (χ3v) is 7.09. The molecule has 1 heterocycles. The number of hydrogen-bond acceptors (Lipinski definition) is 7. The molecule has 0 aliphatic carbocycles.